The third-order valence-corrected chi connectivity index (χ3v) is 6.14. The van der Waals surface area contributed by atoms with Crippen molar-refractivity contribution >= 4 is 5.71 Å². The monoisotopic (exact) mass is 455 g/mol. The van der Waals surface area contributed by atoms with Crippen molar-refractivity contribution in [2.45, 2.75) is 97.8 Å². The molecule has 0 radical (unpaired) electrons. The normalized spacial score (nSPS) is 12.4. The van der Waals surface area contributed by atoms with Crippen LogP contribution >= 0.6 is 0 Å². The van der Waals surface area contributed by atoms with Gasteiger partial charge in [-0.3, -0.25) is 0 Å². The van der Waals surface area contributed by atoms with Crippen molar-refractivity contribution in [3.8, 4) is 0 Å². The van der Waals surface area contributed by atoms with E-state index in [4.69, 9.17) is 10.6 Å². The summed E-state index contributed by atoms with van der Waals surface area (Å²) in [6, 6.07) is 8.85. The molecule has 1 rings (SSSR count). The second-order valence-corrected chi connectivity index (χ2v) is 9.19. The molecule has 0 amide bonds. The maximum absolute atomic E-state index is 5.66. The Bertz CT molecular complexity index is 693. The summed E-state index contributed by atoms with van der Waals surface area (Å²) in [6.45, 7) is 15.8. The van der Waals surface area contributed by atoms with Gasteiger partial charge in [0.2, 0.25) is 0 Å². The lowest BCUT2D eigenvalue weighted by Gasteiger charge is -2.15. The molecule has 33 heavy (non-hydrogen) atoms. The molecule has 0 aliphatic heterocycles. The molecule has 1 unspecified atom stereocenters. The van der Waals surface area contributed by atoms with Crippen molar-refractivity contribution in [2.24, 2.45) is 16.8 Å². The maximum atomic E-state index is 5.66. The van der Waals surface area contributed by atoms with E-state index in [1.54, 1.807) is 0 Å². The lowest BCUT2D eigenvalue weighted by atomic mass is 9.95. The maximum Gasteiger partial charge on any atom is 0.146 e. The van der Waals surface area contributed by atoms with Crippen molar-refractivity contribution in [3.63, 3.8) is 0 Å². The molecule has 0 aliphatic carbocycles. The lowest BCUT2D eigenvalue weighted by molar-refractivity contribution is 0.220. The highest BCUT2D eigenvalue weighted by Gasteiger charge is 2.13. The predicted octanol–water partition coefficient (Wildman–Crippen LogP) is 7.49. The van der Waals surface area contributed by atoms with Crippen LogP contribution < -0.4 is 11.1 Å². The fourth-order valence-electron chi connectivity index (χ4n) is 3.70. The molecule has 0 aromatic heterocycles. The van der Waals surface area contributed by atoms with Gasteiger partial charge in [0, 0.05) is 11.6 Å². The first-order chi connectivity index (χ1) is 16.0. The highest BCUT2D eigenvalue weighted by atomic mass is 16.6. The molecule has 0 aliphatic rings. The van der Waals surface area contributed by atoms with E-state index in [9.17, 15) is 0 Å². The first-order valence-electron chi connectivity index (χ1n) is 13.1. The highest BCUT2D eigenvalue weighted by molar-refractivity contribution is 6.01. The Morgan fingerprint density at radius 2 is 1.61 bits per heavy atom. The van der Waals surface area contributed by atoms with Crippen LogP contribution in [0.15, 0.2) is 54.0 Å². The van der Waals surface area contributed by atoms with Crippen LogP contribution in [0, 0.1) is 5.92 Å². The average molecular weight is 456 g/mol. The zero-order chi connectivity index (χ0) is 24.3. The SMILES string of the molecule is C=C(CCCN)NCC(=C)O/N=C(/c1ccc(CCCCCCCCCC)cc1)C(C)CC. The summed E-state index contributed by atoms with van der Waals surface area (Å²) in [4.78, 5) is 5.66. The first kappa shape index (κ1) is 29.0. The van der Waals surface area contributed by atoms with Gasteiger partial charge in [0.1, 0.15) is 5.76 Å². The van der Waals surface area contributed by atoms with Crippen LogP contribution in [0.5, 0.6) is 0 Å². The second kappa shape index (κ2) is 18.4. The number of hydrogen-bond donors (Lipinski definition) is 2. The number of unbranched alkanes of at least 4 members (excludes halogenated alkanes) is 7. The number of oxime groups is 1. The van der Waals surface area contributed by atoms with E-state index in [0.29, 0.717) is 24.8 Å². The number of nitrogens with two attached hydrogens (primary N) is 1. The molecule has 186 valence electrons. The van der Waals surface area contributed by atoms with Gasteiger partial charge in [0.15, 0.2) is 0 Å². The van der Waals surface area contributed by atoms with Crippen LogP contribution in [0.2, 0.25) is 0 Å². The molecule has 0 bridgehead atoms. The third kappa shape index (κ3) is 13.3. The quantitative estimate of drug-likeness (QED) is 0.0926. The van der Waals surface area contributed by atoms with Crippen LogP contribution in [0.1, 0.15) is 103 Å². The topological polar surface area (TPSA) is 59.6 Å². The van der Waals surface area contributed by atoms with Gasteiger partial charge in [-0.25, -0.2) is 0 Å². The third-order valence-electron chi connectivity index (χ3n) is 6.14. The molecule has 1 atom stereocenters. The molecule has 0 heterocycles. The van der Waals surface area contributed by atoms with E-state index in [1.807, 2.05) is 0 Å². The second-order valence-electron chi connectivity index (χ2n) is 9.19. The Morgan fingerprint density at radius 3 is 2.21 bits per heavy atom. The van der Waals surface area contributed by atoms with E-state index < -0.39 is 0 Å². The minimum absolute atomic E-state index is 0.309. The van der Waals surface area contributed by atoms with Crippen molar-refractivity contribution in [1.82, 2.24) is 5.32 Å². The van der Waals surface area contributed by atoms with Gasteiger partial charge in [0.25, 0.3) is 0 Å². The van der Waals surface area contributed by atoms with E-state index in [1.165, 1.54) is 56.9 Å². The summed E-state index contributed by atoms with van der Waals surface area (Å²) in [7, 11) is 0. The smallest absolute Gasteiger partial charge is 0.146 e. The largest absolute Gasteiger partial charge is 0.381 e. The van der Waals surface area contributed by atoms with Gasteiger partial charge in [0.05, 0.1) is 12.3 Å². The molecule has 0 saturated heterocycles. The van der Waals surface area contributed by atoms with E-state index in [0.717, 1.165) is 42.7 Å². The summed E-state index contributed by atoms with van der Waals surface area (Å²) in [6.07, 6.45) is 14.8. The Labute approximate surface area is 203 Å². The van der Waals surface area contributed by atoms with Crippen LogP contribution in [0.4, 0.5) is 0 Å². The average Bonchev–Trinajstić information content (AvgIpc) is 2.83. The first-order valence-corrected chi connectivity index (χ1v) is 13.1. The van der Waals surface area contributed by atoms with E-state index in [-0.39, 0.29) is 0 Å². The minimum Gasteiger partial charge on any atom is -0.381 e. The van der Waals surface area contributed by atoms with Crippen molar-refractivity contribution in [1.29, 1.82) is 0 Å². The summed E-state index contributed by atoms with van der Waals surface area (Å²) >= 11 is 0. The number of benzene rings is 1. The Kier molecular flexibility index (Phi) is 16.1. The Hall–Kier alpha value is -2.07. The molecular formula is C29H49N3O. The van der Waals surface area contributed by atoms with Crippen LogP contribution in [0.3, 0.4) is 0 Å². The number of rotatable bonds is 20. The van der Waals surface area contributed by atoms with Gasteiger partial charge in [-0.1, -0.05) is 108 Å². The van der Waals surface area contributed by atoms with Gasteiger partial charge < -0.3 is 15.9 Å². The molecular weight excluding hydrogens is 406 g/mol. The van der Waals surface area contributed by atoms with Gasteiger partial charge in [-0.15, -0.1) is 0 Å². The lowest BCUT2D eigenvalue weighted by Crippen LogP contribution is -2.18. The Balaban J connectivity index is 2.52. The number of nitrogens with zero attached hydrogens (tertiary/aromatic N) is 1. The molecule has 0 saturated carbocycles. The van der Waals surface area contributed by atoms with Crippen molar-refractivity contribution < 1.29 is 4.84 Å². The molecule has 3 N–H and O–H groups in total. The zero-order valence-corrected chi connectivity index (χ0v) is 21.6. The minimum atomic E-state index is 0.309. The van der Waals surface area contributed by atoms with Crippen molar-refractivity contribution in [2.75, 3.05) is 13.1 Å². The molecule has 4 heteroatoms. The number of aryl methyl sites for hydroxylation is 1. The summed E-state index contributed by atoms with van der Waals surface area (Å²) in [5.74, 6) is 0.889. The zero-order valence-electron chi connectivity index (χ0n) is 21.6. The fourth-order valence-corrected chi connectivity index (χ4v) is 3.70. The molecule has 1 aromatic carbocycles. The fraction of sp³-hybridized carbons (Fsp3) is 0.621. The number of allylic oxidation sites excluding steroid dienone is 1. The van der Waals surface area contributed by atoms with E-state index in [2.05, 4.69) is 68.7 Å². The van der Waals surface area contributed by atoms with E-state index >= 15 is 0 Å². The van der Waals surface area contributed by atoms with Crippen LogP contribution in [-0.4, -0.2) is 18.8 Å². The number of nitrogens with one attached hydrogen (secondary N) is 1. The highest BCUT2D eigenvalue weighted by Crippen LogP contribution is 2.17. The van der Waals surface area contributed by atoms with Crippen LogP contribution in [-0.2, 0) is 11.3 Å². The van der Waals surface area contributed by atoms with Gasteiger partial charge >= 0.3 is 0 Å². The number of hydrogen-bond acceptors (Lipinski definition) is 4. The van der Waals surface area contributed by atoms with Gasteiger partial charge in [-0.2, -0.15) is 0 Å². The predicted molar refractivity (Wildman–Crippen MR) is 144 cm³/mol. The summed E-state index contributed by atoms with van der Waals surface area (Å²) in [5, 5.41) is 7.71. The summed E-state index contributed by atoms with van der Waals surface area (Å²) < 4.78 is 0. The van der Waals surface area contributed by atoms with Gasteiger partial charge in [-0.05, 0) is 49.8 Å². The van der Waals surface area contributed by atoms with Crippen molar-refractivity contribution in [3.05, 3.63) is 60.0 Å². The standard InChI is InChI=1S/C29H49N3O/c1-6-8-9-10-11-12-13-14-17-27-18-20-28(21-19-27)29(24(3)7-2)32-33-26(5)23-31-25(4)16-15-22-30/h18-21,24,31H,4-17,22-23,30H2,1-3H3/b32-29+. The molecule has 1 aromatic rings. The van der Waals surface area contributed by atoms with Crippen LogP contribution in [0.25, 0.3) is 0 Å². The molecule has 0 spiro atoms. The molecule has 4 nitrogen and oxygen atoms in total. The molecule has 0 fully saturated rings. The Morgan fingerprint density at radius 1 is 0.970 bits per heavy atom. The summed E-state index contributed by atoms with van der Waals surface area (Å²) in [5.41, 5.74) is 9.99.